The van der Waals surface area contributed by atoms with Gasteiger partial charge in [0.1, 0.15) is 5.82 Å². The summed E-state index contributed by atoms with van der Waals surface area (Å²) in [7, 11) is 0. The zero-order valence-electron chi connectivity index (χ0n) is 10.4. The van der Waals surface area contributed by atoms with Gasteiger partial charge in [-0.15, -0.1) is 0 Å². The van der Waals surface area contributed by atoms with Gasteiger partial charge in [0, 0.05) is 0 Å². The monoisotopic (exact) mass is 259 g/mol. The van der Waals surface area contributed by atoms with Crippen LogP contribution in [0.4, 0.5) is 4.39 Å². The van der Waals surface area contributed by atoms with Gasteiger partial charge in [-0.3, -0.25) is 0 Å². The maximum atomic E-state index is 13.2. The molecule has 0 aliphatic heterocycles. The molecule has 2 aromatic carbocycles. The van der Waals surface area contributed by atoms with Crippen molar-refractivity contribution in [3.8, 4) is 0 Å². The third-order valence-electron chi connectivity index (χ3n) is 3.03. The van der Waals surface area contributed by atoms with Crippen LogP contribution < -0.4 is 5.73 Å². The van der Waals surface area contributed by atoms with Crippen LogP contribution in [0.1, 0.15) is 33.1 Å². The first-order valence-electron chi connectivity index (χ1n) is 5.84. The molecule has 3 N–H and O–H groups in total. The summed E-state index contributed by atoms with van der Waals surface area (Å²) in [4.78, 5) is 10.9. The lowest BCUT2D eigenvalue weighted by molar-refractivity contribution is 0.0696. The Bertz CT molecular complexity index is 625. The number of rotatable bonds is 3. The number of carboxylic acids is 1. The van der Waals surface area contributed by atoms with E-state index >= 15 is 0 Å². The highest BCUT2D eigenvalue weighted by Crippen LogP contribution is 2.22. The van der Waals surface area contributed by atoms with Crippen molar-refractivity contribution in [1.82, 2.24) is 0 Å². The highest BCUT2D eigenvalue weighted by atomic mass is 19.1. The van der Waals surface area contributed by atoms with Crippen molar-refractivity contribution in [3.05, 3.63) is 70.5 Å². The minimum absolute atomic E-state index is 0.187. The van der Waals surface area contributed by atoms with Crippen molar-refractivity contribution in [2.75, 3.05) is 0 Å². The van der Waals surface area contributed by atoms with Crippen molar-refractivity contribution in [2.45, 2.75) is 13.0 Å². The standard InChI is InChI=1S/C15H14FNO2/c1-9-7-11(5-6-13(9)16)14(17)10-3-2-4-12(8-10)15(18)19/h2-8,14H,17H2,1H3,(H,18,19). The summed E-state index contributed by atoms with van der Waals surface area (Å²) >= 11 is 0. The normalized spacial score (nSPS) is 12.2. The van der Waals surface area contributed by atoms with Gasteiger partial charge in [0.25, 0.3) is 0 Å². The lowest BCUT2D eigenvalue weighted by Crippen LogP contribution is -2.13. The number of benzene rings is 2. The summed E-state index contributed by atoms with van der Waals surface area (Å²) in [6.07, 6.45) is 0. The lowest BCUT2D eigenvalue weighted by atomic mass is 9.96. The molecule has 0 bridgehead atoms. The van der Waals surface area contributed by atoms with Gasteiger partial charge in [-0.25, -0.2) is 9.18 Å². The fraction of sp³-hybridized carbons (Fsp3) is 0.133. The van der Waals surface area contributed by atoms with E-state index in [0.29, 0.717) is 11.1 Å². The van der Waals surface area contributed by atoms with Crippen LogP contribution in [0.5, 0.6) is 0 Å². The lowest BCUT2D eigenvalue weighted by Gasteiger charge is -2.14. The SMILES string of the molecule is Cc1cc(C(N)c2cccc(C(=O)O)c2)ccc1F. The number of aryl methyl sites for hydroxylation is 1. The first-order valence-corrected chi connectivity index (χ1v) is 5.84. The minimum Gasteiger partial charge on any atom is -0.478 e. The number of aromatic carboxylic acids is 1. The van der Waals surface area contributed by atoms with Gasteiger partial charge in [-0.2, -0.15) is 0 Å². The predicted octanol–water partition coefficient (Wildman–Crippen LogP) is 2.88. The summed E-state index contributed by atoms with van der Waals surface area (Å²) in [6, 6.07) is 10.6. The summed E-state index contributed by atoms with van der Waals surface area (Å²) in [5.74, 6) is -1.28. The molecule has 0 spiro atoms. The fourth-order valence-electron chi connectivity index (χ4n) is 1.92. The van der Waals surface area contributed by atoms with Gasteiger partial charge in [-0.05, 0) is 41.8 Å². The number of halogens is 1. The molecule has 0 aliphatic rings. The molecule has 0 heterocycles. The van der Waals surface area contributed by atoms with E-state index in [2.05, 4.69) is 0 Å². The van der Waals surface area contributed by atoms with E-state index < -0.39 is 12.0 Å². The molecule has 0 saturated heterocycles. The van der Waals surface area contributed by atoms with E-state index in [1.54, 1.807) is 31.2 Å². The van der Waals surface area contributed by atoms with Crippen LogP contribution in [0.3, 0.4) is 0 Å². The van der Waals surface area contributed by atoms with Crippen molar-refractivity contribution in [3.63, 3.8) is 0 Å². The number of nitrogens with two attached hydrogens (primary N) is 1. The van der Waals surface area contributed by atoms with Gasteiger partial charge in [0.15, 0.2) is 0 Å². The van der Waals surface area contributed by atoms with Crippen molar-refractivity contribution < 1.29 is 14.3 Å². The molecule has 1 unspecified atom stereocenters. The van der Waals surface area contributed by atoms with Crippen LogP contribution in [-0.4, -0.2) is 11.1 Å². The number of hydrogen-bond donors (Lipinski definition) is 2. The van der Waals surface area contributed by atoms with Crippen molar-refractivity contribution in [1.29, 1.82) is 0 Å². The van der Waals surface area contributed by atoms with Crippen LogP contribution in [0.15, 0.2) is 42.5 Å². The summed E-state index contributed by atoms with van der Waals surface area (Å²) in [5.41, 5.74) is 8.23. The molecule has 19 heavy (non-hydrogen) atoms. The molecule has 0 radical (unpaired) electrons. The van der Waals surface area contributed by atoms with Crippen molar-refractivity contribution in [2.24, 2.45) is 5.73 Å². The second-order valence-electron chi connectivity index (χ2n) is 4.42. The topological polar surface area (TPSA) is 63.3 Å². The third-order valence-corrected chi connectivity index (χ3v) is 3.03. The maximum Gasteiger partial charge on any atom is 0.335 e. The highest BCUT2D eigenvalue weighted by molar-refractivity contribution is 5.87. The molecule has 0 aliphatic carbocycles. The van der Waals surface area contributed by atoms with E-state index in [4.69, 9.17) is 10.8 Å². The van der Waals surface area contributed by atoms with Crippen LogP contribution >= 0.6 is 0 Å². The first-order chi connectivity index (χ1) is 8.99. The van der Waals surface area contributed by atoms with Crippen molar-refractivity contribution >= 4 is 5.97 Å². The smallest absolute Gasteiger partial charge is 0.335 e. The average Bonchev–Trinajstić information content (AvgIpc) is 2.41. The second kappa shape index (κ2) is 5.20. The predicted molar refractivity (Wildman–Crippen MR) is 70.6 cm³/mol. The number of carboxylic acid groups (broad SMARTS) is 1. The molecule has 0 saturated carbocycles. The Hall–Kier alpha value is -2.20. The molecule has 98 valence electrons. The zero-order valence-corrected chi connectivity index (χ0v) is 10.4. The largest absolute Gasteiger partial charge is 0.478 e. The van der Waals surface area contributed by atoms with Gasteiger partial charge in [-0.1, -0.05) is 24.3 Å². The third kappa shape index (κ3) is 2.80. The fourth-order valence-corrected chi connectivity index (χ4v) is 1.92. The van der Waals surface area contributed by atoms with Gasteiger partial charge >= 0.3 is 5.97 Å². The van der Waals surface area contributed by atoms with Crippen LogP contribution in [0.25, 0.3) is 0 Å². The Morgan fingerprint density at radius 3 is 2.53 bits per heavy atom. The molecular weight excluding hydrogens is 245 g/mol. The molecule has 1 atom stereocenters. The zero-order chi connectivity index (χ0) is 14.0. The molecule has 2 rings (SSSR count). The Morgan fingerprint density at radius 1 is 1.21 bits per heavy atom. The summed E-state index contributed by atoms with van der Waals surface area (Å²) in [5, 5.41) is 8.95. The Balaban J connectivity index is 2.37. The van der Waals surface area contributed by atoms with Crippen LogP contribution in [0, 0.1) is 12.7 Å². The summed E-state index contributed by atoms with van der Waals surface area (Å²) in [6.45, 7) is 1.67. The van der Waals surface area contributed by atoms with Gasteiger partial charge in [0.2, 0.25) is 0 Å². The molecule has 0 aromatic heterocycles. The number of carbonyl (C=O) groups is 1. The molecule has 3 nitrogen and oxygen atoms in total. The van der Waals surface area contributed by atoms with E-state index in [-0.39, 0.29) is 11.4 Å². The van der Waals surface area contributed by atoms with E-state index in [9.17, 15) is 9.18 Å². The molecule has 0 fully saturated rings. The average molecular weight is 259 g/mol. The van der Waals surface area contributed by atoms with Gasteiger partial charge < -0.3 is 10.8 Å². The van der Waals surface area contributed by atoms with Gasteiger partial charge in [0.05, 0.1) is 11.6 Å². The molecule has 4 heteroatoms. The molecular formula is C15H14FNO2. The highest BCUT2D eigenvalue weighted by Gasteiger charge is 2.12. The number of hydrogen-bond acceptors (Lipinski definition) is 2. The van der Waals surface area contributed by atoms with E-state index in [1.165, 1.54) is 18.2 Å². The first kappa shape index (κ1) is 13.2. The Kier molecular flexibility index (Phi) is 3.62. The molecule has 0 amide bonds. The quantitative estimate of drug-likeness (QED) is 0.890. The summed E-state index contributed by atoms with van der Waals surface area (Å²) < 4.78 is 13.2. The van der Waals surface area contributed by atoms with E-state index in [1.807, 2.05) is 0 Å². The Labute approximate surface area is 110 Å². The molecule has 2 aromatic rings. The minimum atomic E-state index is -0.996. The van der Waals surface area contributed by atoms with Crippen LogP contribution in [0.2, 0.25) is 0 Å². The second-order valence-corrected chi connectivity index (χ2v) is 4.42. The van der Waals surface area contributed by atoms with E-state index in [0.717, 1.165) is 5.56 Å². The Morgan fingerprint density at radius 2 is 1.89 bits per heavy atom. The maximum absolute atomic E-state index is 13.2. The van der Waals surface area contributed by atoms with Crippen LogP contribution in [-0.2, 0) is 0 Å².